The lowest BCUT2D eigenvalue weighted by Gasteiger charge is -2.34. The zero-order chi connectivity index (χ0) is 11.5. The molecular formula is C16H15N. The number of hydrogen-bond acceptors (Lipinski definition) is 1. The second-order valence-electron chi connectivity index (χ2n) is 5.27. The van der Waals surface area contributed by atoms with Gasteiger partial charge in [-0.1, -0.05) is 48.5 Å². The summed E-state index contributed by atoms with van der Waals surface area (Å²) in [5.74, 6) is 0. The van der Waals surface area contributed by atoms with Gasteiger partial charge in [0.15, 0.2) is 0 Å². The number of nitrogens with one attached hydrogen (secondary N) is 1. The molecule has 2 heterocycles. The average molecular weight is 221 g/mol. The van der Waals surface area contributed by atoms with E-state index < -0.39 is 0 Å². The quantitative estimate of drug-likeness (QED) is 0.720. The van der Waals surface area contributed by atoms with Crippen molar-refractivity contribution in [1.82, 2.24) is 5.32 Å². The zero-order valence-corrected chi connectivity index (χ0v) is 9.90. The molecule has 0 fully saturated rings. The van der Waals surface area contributed by atoms with Crippen LogP contribution in [0.15, 0.2) is 48.5 Å². The van der Waals surface area contributed by atoms with Crippen LogP contribution in [-0.4, -0.2) is 0 Å². The smallest absolute Gasteiger partial charge is 0.0672 e. The van der Waals surface area contributed by atoms with Gasteiger partial charge in [-0.15, -0.1) is 0 Å². The van der Waals surface area contributed by atoms with Crippen molar-refractivity contribution >= 4 is 0 Å². The molecule has 1 unspecified atom stereocenters. The third kappa shape index (κ3) is 1.07. The molecule has 17 heavy (non-hydrogen) atoms. The summed E-state index contributed by atoms with van der Waals surface area (Å²) >= 11 is 0. The lowest BCUT2D eigenvalue weighted by Crippen LogP contribution is -2.41. The van der Waals surface area contributed by atoms with Crippen molar-refractivity contribution < 1.29 is 0 Å². The standard InChI is InChI=1S/C16H15N/c1-16-13-8-4-2-6-11(13)10-15(17-16)12-7-3-5-9-14(12)16/h2-9,15,17H,10H2,1H3/t15-,16?/m0/s1. The van der Waals surface area contributed by atoms with E-state index in [-0.39, 0.29) is 5.54 Å². The zero-order valence-electron chi connectivity index (χ0n) is 9.90. The van der Waals surface area contributed by atoms with Crippen LogP contribution in [0, 0.1) is 0 Å². The van der Waals surface area contributed by atoms with Gasteiger partial charge in [-0.2, -0.15) is 0 Å². The highest BCUT2D eigenvalue weighted by molar-refractivity contribution is 5.54. The molecule has 84 valence electrons. The highest BCUT2D eigenvalue weighted by Gasteiger charge is 2.45. The summed E-state index contributed by atoms with van der Waals surface area (Å²) in [5, 5.41) is 3.79. The Kier molecular flexibility index (Phi) is 1.66. The SMILES string of the molecule is CC12N[C@@H](Cc3ccccc31)c1ccccc12. The second-order valence-corrected chi connectivity index (χ2v) is 5.27. The van der Waals surface area contributed by atoms with Crippen molar-refractivity contribution in [1.29, 1.82) is 0 Å². The maximum Gasteiger partial charge on any atom is 0.0672 e. The van der Waals surface area contributed by atoms with Gasteiger partial charge in [-0.25, -0.2) is 0 Å². The highest BCUT2D eigenvalue weighted by atomic mass is 15.1. The molecule has 1 nitrogen and oxygen atoms in total. The van der Waals surface area contributed by atoms with E-state index >= 15 is 0 Å². The third-order valence-corrected chi connectivity index (χ3v) is 4.32. The van der Waals surface area contributed by atoms with Crippen molar-refractivity contribution in [2.45, 2.75) is 24.9 Å². The van der Waals surface area contributed by atoms with Crippen molar-refractivity contribution in [3.63, 3.8) is 0 Å². The Hall–Kier alpha value is -1.60. The fraction of sp³-hybridized carbons (Fsp3) is 0.250. The molecule has 2 atom stereocenters. The summed E-state index contributed by atoms with van der Waals surface area (Å²) in [4.78, 5) is 0. The Balaban J connectivity index is 2.05. The van der Waals surface area contributed by atoms with E-state index in [1.165, 1.54) is 22.3 Å². The van der Waals surface area contributed by atoms with Crippen LogP contribution in [0.5, 0.6) is 0 Å². The first-order valence-electron chi connectivity index (χ1n) is 6.24. The topological polar surface area (TPSA) is 12.0 Å². The molecule has 2 aromatic carbocycles. The van der Waals surface area contributed by atoms with E-state index in [4.69, 9.17) is 0 Å². The molecule has 2 aliphatic heterocycles. The highest BCUT2D eigenvalue weighted by Crippen LogP contribution is 2.47. The molecule has 4 rings (SSSR count). The van der Waals surface area contributed by atoms with E-state index in [2.05, 4.69) is 60.8 Å². The third-order valence-electron chi connectivity index (χ3n) is 4.32. The maximum absolute atomic E-state index is 3.79. The van der Waals surface area contributed by atoms with Gasteiger partial charge in [0.1, 0.15) is 0 Å². The summed E-state index contributed by atoms with van der Waals surface area (Å²) in [6.45, 7) is 2.31. The first kappa shape index (κ1) is 9.43. The number of rotatable bonds is 0. The predicted octanol–water partition coefficient (Wildman–Crippen LogP) is 3.15. The minimum absolute atomic E-state index is 0.0100. The van der Waals surface area contributed by atoms with Crippen molar-refractivity contribution in [2.24, 2.45) is 0 Å². The lowest BCUT2D eigenvalue weighted by molar-refractivity contribution is 0.389. The van der Waals surface area contributed by atoms with Gasteiger partial charge in [0.25, 0.3) is 0 Å². The average Bonchev–Trinajstić information content (AvgIpc) is 2.61. The maximum atomic E-state index is 3.79. The number of hydrogen-bond donors (Lipinski definition) is 1. The Labute approximate surface area is 101 Å². The van der Waals surface area contributed by atoms with Gasteiger partial charge < -0.3 is 0 Å². The van der Waals surface area contributed by atoms with Gasteiger partial charge >= 0.3 is 0 Å². The van der Waals surface area contributed by atoms with Crippen LogP contribution in [0.3, 0.4) is 0 Å². The summed E-state index contributed by atoms with van der Waals surface area (Å²) in [6, 6.07) is 18.2. The van der Waals surface area contributed by atoms with Crippen LogP contribution in [0.25, 0.3) is 0 Å². The van der Waals surface area contributed by atoms with Crippen LogP contribution < -0.4 is 5.32 Å². The Morgan fingerprint density at radius 1 is 1.00 bits per heavy atom. The van der Waals surface area contributed by atoms with Crippen molar-refractivity contribution in [2.75, 3.05) is 0 Å². The van der Waals surface area contributed by atoms with Crippen LogP contribution in [0.2, 0.25) is 0 Å². The molecule has 1 heteroatoms. The van der Waals surface area contributed by atoms with Crippen molar-refractivity contribution in [3.8, 4) is 0 Å². The summed E-state index contributed by atoms with van der Waals surface area (Å²) < 4.78 is 0. The van der Waals surface area contributed by atoms with Crippen LogP contribution in [0.1, 0.15) is 35.2 Å². The van der Waals surface area contributed by atoms with E-state index in [0.717, 1.165) is 6.42 Å². The fourth-order valence-corrected chi connectivity index (χ4v) is 3.55. The normalized spacial score (nSPS) is 28.6. The fourth-order valence-electron chi connectivity index (χ4n) is 3.55. The lowest BCUT2D eigenvalue weighted by atomic mass is 9.82. The summed E-state index contributed by atoms with van der Waals surface area (Å²) in [6.07, 6.45) is 1.11. The van der Waals surface area contributed by atoms with Crippen molar-refractivity contribution in [3.05, 3.63) is 70.8 Å². The molecule has 1 N–H and O–H groups in total. The minimum atomic E-state index is 0.0100. The van der Waals surface area contributed by atoms with Gasteiger partial charge in [0.05, 0.1) is 5.54 Å². The Bertz CT molecular complexity index is 589. The molecular weight excluding hydrogens is 206 g/mol. The molecule has 0 spiro atoms. The van der Waals surface area contributed by atoms with Gasteiger partial charge in [0.2, 0.25) is 0 Å². The molecule has 0 aromatic heterocycles. The second kappa shape index (κ2) is 2.99. The summed E-state index contributed by atoms with van der Waals surface area (Å²) in [7, 11) is 0. The molecule has 2 aliphatic rings. The Morgan fingerprint density at radius 2 is 1.71 bits per heavy atom. The molecule has 0 radical (unpaired) electrons. The van der Waals surface area contributed by atoms with Crippen LogP contribution in [0.4, 0.5) is 0 Å². The number of fused-ring (bicyclic) bond motifs is 7. The largest absolute Gasteiger partial charge is 0.297 e. The van der Waals surface area contributed by atoms with Crippen LogP contribution in [-0.2, 0) is 12.0 Å². The molecule has 2 aromatic rings. The van der Waals surface area contributed by atoms with Gasteiger partial charge in [0, 0.05) is 6.04 Å². The van der Waals surface area contributed by atoms with E-state index in [1.54, 1.807) is 0 Å². The molecule has 0 amide bonds. The molecule has 0 saturated heterocycles. The van der Waals surface area contributed by atoms with E-state index in [9.17, 15) is 0 Å². The number of benzene rings is 2. The monoisotopic (exact) mass is 221 g/mol. The molecule has 0 saturated carbocycles. The minimum Gasteiger partial charge on any atom is -0.297 e. The van der Waals surface area contributed by atoms with E-state index in [1.807, 2.05) is 0 Å². The van der Waals surface area contributed by atoms with Gasteiger partial charge in [-0.05, 0) is 35.6 Å². The predicted molar refractivity (Wildman–Crippen MR) is 68.9 cm³/mol. The first-order valence-corrected chi connectivity index (χ1v) is 6.24. The van der Waals surface area contributed by atoms with Crippen LogP contribution >= 0.6 is 0 Å². The first-order chi connectivity index (χ1) is 8.29. The van der Waals surface area contributed by atoms with Gasteiger partial charge in [-0.3, -0.25) is 5.32 Å². The molecule has 2 bridgehead atoms. The Morgan fingerprint density at radius 3 is 2.59 bits per heavy atom. The van der Waals surface area contributed by atoms with E-state index in [0.29, 0.717) is 6.04 Å². The molecule has 0 aliphatic carbocycles. The summed E-state index contributed by atoms with van der Waals surface area (Å²) in [5.41, 5.74) is 5.88.